The molecule has 0 radical (unpaired) electrons. The molecule has 2 aromatic carbocycles. The molecular formula is C21H18N6O. The van der Waals surface area contributed by atoms with Crippen LogP contribution in [0.5, 0.6) is 0 Å². The number of carbonyl (C=O) groups excluding carboxylic acids is 1. The highest BCUT2D eigenvalue weighted by atomic mass is 16.2. The molecule has 0 atom stereocenters. The standard InChI is InChI=1S/C21H18N6O/c28-21(25-17-7-6-15-10-24-26-19(15)8-17)16-11-27(12-16)20-9-18(22-13-23-20)14-4-2-1-3-5-14/h1-10,13,16H,11-12H2,(H,24,26)(H,25,28). The summed E-state index contributed by atoms with van der Waals surface area (Å²) in [6.07, 6.45) is 3.33. The quantitative estimate of drug-likeness (QED) is 0.576. The minimum absolute atomic E-state index is 0.0208. The Morgan fingerprint density at radius 3 is 2.79 bits per heavy atom. The molecule has 0 bridgehead atoms. The molecule has 1 aliphatic heterocycles. The van der Waals surface area contributed by atoms with Crippen LogP contribution in [-0.4, -0.2) is 39.2 Å². The monoisotopic (exact) mass is 370 g/mol. The van der Waals surface area contributed by atoms with E-state index in [9.17, 15) is 4.79 Å². The Morgan fingerprint density at radius 2 is 1.93 bits per heavy atom. The molecule has 4 aromatic rings. The van der Waals surface area contributed by atoms with Crippen molar-refractivity contribution in [2.75, 3.05) is 23.3 Å². The molecule has 5 rings (SSSR count). The predicted octanol–water partition coefficient (Wildman–Crippen LogP) is 3.09. The van der Waals surface area contributed by atoms with Crippen molar-refractivity contribution in [1.82, 2.24) is 20.2 Å². The summed E-state index contributed by atoms with van der Waals surface area (Å²) in [5.41, 5.74) is 3.61. The minimum atomic E-state index is -0.0624. The molecular weight excluding hydrogens is 352 g/mol. The molecule has 1 fully saturated rings. The average Bonchev–Trinajstić information content (AvgIpc) is 3.16. The van der Waals surface area contributed by atoms with E-state index in [1.807, 2.05) is 54.6 Å². The van der Waals surface area contributed by atoms with Crippen LogP contribution in [0.1, 0.15) is 0 Å². The lowest BCUT2D eigenvalue weighted by Crippen LogP contribution is -2.52. The number of aromatic amines is 1. The number of rotatable bonds is 4. The number of amides is 1. The van der Waals surface area contributed by atoms with Crippen molar-refractivity contribution < 1.29 is 4.79 Å². The molecule has 7 heteroatoms. The lowest BCUT2D eigenvalue weighted by molar-refractivity contribution is -0.120. The van der Waals surface area contributed by atoms with Crippen LogP contribution in [0.25, 0.3) is 22.2 Å². The SMILES string of the molecule is O=C(Nc1ccc2cn[nH]c2c1)C1CN(c2cc(-c3ccccc3)ncn2)C1. The predicted molar refractivity (Wildman–Crippen MR) is 108 cm³/mol. The fourth-order valence-electron chi connectivity index (χ4n) is 3.38. The van der Waals surface area contributed by atoms with Crippen LogP contribution in [0.2, 0.25) is 0 Å². The Kier molecular flexibility index (Phi) is 3.97. The first-order valence-corrected chi connectivity index (χ1v) is 9.13. The Morgan fingerprint density at radius 1 is 1.07 bits per heavy atom. The first-order chi connectivity index (χ1) is 13.8. The van der Waals surface area contributed by atoms with E-state index in [1.165, 1.54) is 0 Å². The van der Waals surface area contributed by atoms with Gasteiger partial charge < -0.3 is 10.2 Å². The Labute approximate surface area is 161 Å². The smallest absolute Gasteiger partial charge is 0.231 e. The summed E-state index contributed by atoms with van der Waals surface area (Å²) in [6, 6.07) is 17.7. The summed E-state index contributed by atoms with van der Waals surface area (Å²) in [5, 5.41) is 10.9. The molecule has 0 unspecified atom stereocenters. The third kappa shape index (κ3) is 3.07. The molecule has 2 aromatic heterocycles. The number of hydrogen-bond acceptors (Lipinski definition) is 5. The number of nitrogens with one attached hydrogen (secondary N) is 2. The number of benzene rings is 2. The molecule has 1 aliphatic rings. The first-order valence-electron chi connectivity index (χ1n) is 9.13. The van der Waals surface area contributed by atoms with E-state index in [1.54, 1.807) is 12.5 Å². The number of aromatic nitrogens is 4. The second-order valence-electron chi connectivity index (χ2n) is 6.89. The zero-order valence-corrected chi connectivity index (χ0v) is 15.0. The number of fused-ring (bicyclic) bond motifs is 1. The second-order valence-corrected chi connectivity index (χ2v) is 6.89. The van der Waals surface area contributed by atoms with E-state index in [0.29, 0.717) is 13.1 Å². The van der Waals surface area contributed by atoms with Gasteiger partial charge in [0.05, 0.1) is 23.3 Å². The summed E-state index contributed by atoms with van der Waals surface area (Å²) in [5.74, 6) is 0.803. The van der Waals surface area contributed by atoms with Crippen molar-refractivity contribution in [1.29, 1.82) is 0 Å². The van der Waals surface area contributed by atoms with Crippen LogP contribution in [-0.2, 0) is 4.79 Å². The second kappa shape index (κ2) is 6.77. The Bertz CT molecular complexity index is 1130. The normalized spacial score (nSPS) is 14.1. The highest BCUT2D eigenvalue weighted by molar-refractivity contribution is 5.96. The molecule has 0 saturated carbocycles. The highest BCUT2D eigenvalue weighted by Gasteiger charge is 2.33. The topological polar surface area (TPSA) is 86.8 Å². The number of anilines is 2. The van der Waals surface area contributed by atoms with Gasteiger partial charge in [-0.3, -0.25) is 9.89 Å². The van der Waals surface area contributed by atoms with E-state index in [2.05, 4.69) is 30.4 Å². The van der Waals surface area contributed by atoms with E-state index >= 15 is 0 Å². The number of carbonyl (C=O) groups is 1. The average molecular weight is 370 g/mol. The largest absolute Gasteiger partial charge is 0.355 e. The van der Waals surface area contributed by atoms with Gasteiger partial charge in [0.2, 0.25) is 5.91 Å². The van der Waals surface area contributed by atoms with Crippen molar-refractivity contribution in [3.63, 3.8) is 0 Å². The highest BCUT2D eigenvalue weighted by Crippen LogP contribution is 2.27. The van der Waals surface area contributed by atoms with Gasteiger partial charge in [-0.1, -0.05) is 30.3 Å². The van der Waals surface area contributed by atoms with Crippen LogP contribution >= 0.6 is 0 Å². The van der Waals surface area contributed by atoms with Gasteiger partial charge in [0.1, 0.15) is 12.1 Å². The summed E-state index contributed by atoms with van der Waals surface area (Å²) in [7, 11) is 0. The van der Waals surface area contributed by atoms with Gasteiger partial charge >= 0.3 is 0 Å². The van der Waals surface area contributed by atoms with E-state index < -0.39 is 0 Å². The summed E-state index contributed by atoms with van der Waals surface area (Å²) in [4.78, 5) is 23.4. The minimum Gasteiger partial charge on any atom is -0.355 e. The summed E-state index contributed by atoms with van der Waals surface area (Å²) in [6.45, 7) is 1.28. The third-order valence-corrected chi connectivity index (χ3v) is 5.01. The molecule has 3 heterocycles. The van der Waals surface area contributed by atoms with Gasteiger partial charge in [-0.2, -0.15) is 5.10 Å². The summed E-state index contributed by atoms with van der Waals surface area (Å²) < 4.78 is 0. The van der Waals surface area contributed by atoms with Gasteiger partial charge in [-0.15, -0.1) is 0 Å². The van der Waals surface area contributed by atoms with Crippen LogP contribution in [0.4, 0.5) is 11.5 Å². The molecule has 7 nitrogen and oxygen atoms in total. The molecule has 0 spiro atoms. The van der Waals surface area contributed by atoms with Gasteiger partial charge in [0.25, 0.3) is 0 Å². The van der Waals surface area contributed by atoms with Gasteiger partial charge in [0, 0.05) is 35.8 Å². The lowest BCUT2D eigenvalue weighted by atomic mass is 9.98. The van der Waals surface area contributed by atoms with E-state index in [0.717, 1.165) is 33.7 Å². The van der Waals surface area contributed by atoms with Crippen molar-refractivity contribution in [2.24, 2.45) is 5.92 Å². The van der Waals surface area contributed by atoms with E-state index in [4.69, 9.17) is 0 Å². The van der Waals surface area contributed by atoms with Crippen molar-refractivity contribution in [2.45, 2.75) is 0 Å². The molecule has 2 N–H and O–H groups in total. The fourth-order valence-corrected chi connectivity index (χ4v) is 3.38. The zero-order valence-electron chi connectivity index (χ0n) is 15.0. The fraction of sp³-hybridized carbons (Fsp3) is 0.143. The maximum atomic E-state index is 12.5. The number of H-pyrrole nitrogens is 1. The summed E-state index contributed by atoms with van der Waals surface area (Å²) >= 11 is 0. The molecule has 1 amide bonds. The van der Waals surface area contributed by atoms with Crippen LogP contribution in [0, 0.1) is 5.92 Å². The lowest BCUT2D eigenvalue weighted by Gasteiger charge is -2.39. The molecule has 138 valence electrons. The zero-order chi connectivity index (χ0) is 18.9. The van der Waals surface area contributed by atoms with E-state index in [-0.39, 0.29) is 11.8 Å². The maximum absolute atomic E-state index is 12.5. The van der Waals surface area contributed by atoms with Crippen LogP contribution in [0.3, 0.4) is 0 Å². The first kappa shape index (κ1) is 16.4. The molecule has 28 heavy (non-hydrogen) atoms. The van der Waals surface area contributed by atoms with Crippen LogP contribution in [0.15, 0.2) is 67.1 Å². The number of nitrogens with zero attached hydrogens (tertiary/aromatic N) is 4. The Hall–Kier alpha value is -3.74. The number of hydrogen-bond donors (Lipinski definition) is 2. The third-order valence-electron chi connectivity index (χ3n) is 5.01. The Balaban J connectivity index is 1.24. The van der Waals surface area contributed by atoms with Gasteiger partial charge in [-0.05, 0) is 18.2 Å². The van der Waals surface area contributed by atoms with Crippen molar-refractivity contribution >= 4 is 28.3 Å². The molecule has 0 aliphatic carbocycles. The van der Waals surface area contributed by atoms with Crippen molar-refractivity contribution in [3.05, 3.63) is 67.1 Å². The van der Waals surface area contributed by atoms with Crippen molar-refractivity contribution in [3.8, 4) is 11.3 Å². The maximum Gasteiger partial charge on any atom is 0.231 e. The van der Waals surface area contributed by atoms with Gasteiger partial charge in [0.15, 0.2) is 0 Å². The van der Waals surface area contributed by atoms with Gasteiger partial charge in [-0.25, -0.2) is 9.97 Å². The van der Waals surface area contributed by atoms with Crippen LogP contribution < -0.4 is 10.2 Å². The molecule has 1 saturated heterocycles.